The van der Waals surface area contributed by atoms with Crippen LogP contribution in [-0.2, 0) is 16.0 Å². The average molecular weight is 453 g/mol. The Kier molecular flexibility index (Phi) is 7.60. The predicted octanol–water partition coefficient (Wildman–Crippen LogP) is 4.96. The summed E-state index contributed by atoms with van der Waals surface area (Å²) in [6.45, 7) is 5.22. The van der Waals surface area contributed by atoms with Crippen molar-refractivity contribution in [1.82, 2.24) is 9.80 Å². The molecule has 0 bridgehead atoms. The highest BCUT2D eigenvalue weighted by Gasteiger charge is 2.35. The van der Waals surface area contributed by atoms with Crippen molar-refractivity contribution in [3.05, 3.63) is 57.3 Å². The lowest BCUT2D eigenvalue weighted by Crippen LogP contribution is -2.48. The Balaban J connectivity index is 1.90. The highest BCUT2D eigenvalue weighted by molar-refractivity contribution is 7.10. The smallest absolute Gasteiger partial charge is 0.256 e. The van der Waals surface area contributed by atoms with Gasteiger partial charge in [0.25, 0.3) is 5.91 Å². The third-order valence-electron chi connectivity index (χ3n) is 5.38. The fourth-order valence-electron chi connectivity index (χ4n) is 3.82. The number of aryl methyl sites for hydroxylation is 1. The minimum Gasteiger partial charge on any atom is -0.331 e. The van der Waals surface area contributed by atoms with Gasteiger partial charge in [-0.15, -0.1) is 11.3 Å². The second kappa shape index (κ2) is 9.96. The van der Waals surface area contributed by atoms with Crippen molar-refractivity contribution in [2.24, 2.45) is 0 Å². The maximum absolute atomic E-state index is 13.4. The van der Waals surface area contributed by atoms with Crippen LogP contribution < -0.4 is 0 Å². The number of alkyl halides is 2. The van der Waals surface area contributed by atoms with Crippen molar-refractivity contribution < 1.29 is 9.59 Å². The number of amides is 2. The van der Waals surface area contributed by atoms with Gasteiger partial charge in [-0.25, -0.2) is 0 Å². The number of carbonyl (C=O) groups is 2. The van der Waals surface area contributed by atoms with Crippen molar-refractivity contribution in [3.63, 3.8) is 0 Å². The number of hydrogen-bond acceptors (Lipinski definition) is 3. The lowest BCUT2D eigenvalue weighted by Gasteiger charge is -2.38. The molecule has 7 heteroatoms. The summed E-state index contributed by atoms with van der Waals surface area (Å²) in [6, 6.07) is 10.2. The van der Waals surface area contributed by atoms with Crippen LogP contribution in [0.5, 0.6) is 0 Å². The molecule has 0 saturated carbocycles. The van der Waals surface area contributed by atoms with Crippen LogP contribution in [0.4, 0.5) is 0 Å². The Hall–Kier alpha value is -1.56. The molecule has 2 amide bonds. The normalized spacial score (nSPS) is 16.0. The van der Waals surface area contributed by atoms with Gasteiger partial charge in [0.15, 0.2) is 4.84 Å². The Morgan fingerprint density at radius 2 is 2.00 bits per heavy atom. The molecule has 0 saturated heterocycles. The molecule has 0 spiro atoms. The van der Waals surface area contributed by atoms with E-state index in [0.717, 1.165) is 30.4 Å². The van der Waals surface area contributed by atoms with Gasteiger partial charge in [-0.1, -0.05) is 60.8 Å². The van der Waals surface area contributed by atoms with E-state index in [2.05, 4.69) is 30.5 Å². The fourth-order valence-corrected chi connectivity index (χ4v) is 5.00. The molecule has 1 aromatic carbocycles. The van der Waals surface area contributed by atoms with E-state index in [1.165, 1.54) is 15.3 Å². The van der Waals surface area contributed by atoms with Gasteiger partial charge < -0.3 is 9.80 Å². The predicted molar refractivity (Wildman–Crippen MR) is 120 cm³/mol. The molecule has 1 aromatic heterocycles. The minimum absolute atomic E-state index is 0.00335. The van der Waals surface area contributed by atoms with Gasteiger partial charge in [0.1, 0.15) is 0 Å². The SMILES string of the molecule is CCCCN(CC(=O)N1CCc2sccc2C1c1ccccc1C)C(=O)C(Cl)Cl. The Bertz CT molecular complexity index is 868. The third kappa shape index (κ3) is 4.96. The van der Waals surface area contributed by atoms with Crippen LogP contribution in [0.25, 0.3) is 0 Å². The summed E-state index contributed by atoms with van der Waals surface area (Å²) < 4.78 is 0. The number of rotatable bonds is 7. The molecule has 2 heterocycles. The number of fused-ring (bicyclic) bond motifs is 1. The van der Waals surface area contributed by atoms with E-state index >= 15 is 0 Å². The van der Waals surface area contributed by atoms with Crippen molar-refractivity contribution >= 4 is 46.4 Å². The fraction of sp³-hybridized carbons (Fsp3) is 0.455. The zero-order valence-corrected chi connectivity index (χ0v) is 19.1. The zero-order valence-electron chi connectivity index (χ0n) is 16.7. The Morgan fingerprint density at radius 1 is 1.24 bits per heavy atom. The molecule has 1 atom stereocenters. The van der Waals surface area contributed by atoms with E-state index < -0.39 is 10.7 Å². The molecular weight excluding hydrogens is 427 g/mol. The molecule has 29 heavy (non-hydrogen) atoms. The van der Waals surface area contributed by atoms with E-state index in [9.17, 15) is 9.59 Å². The highest BCUT2D eigenvalue weighted by Crippen LogP contribution is 2.39. The Labute approximate surface area is 186 Å². The number of hydrogen-bond donors (Lipinski definition) is 0. The minimum atomic E-state index is -1.16. The van der Waals surface area contributed by atoms with Crippen LogP contribution in [0, 0.1) is 6.92 Å². The second-order valence-corrected chi connectivity index (χ2v) is 9.41. The summed E-state index contributed by atoms with van der Waals surface area (Å²) in [7, 11) is 0. The van der Waals surface area contributed by atoms with Crippen LogP contribution in [0.15, 0.2) is 35.7 Å². The van der Waals surface area contributed by atoms with Crippen molar-refractivity contribution in [2.45, 2.75) is 44.0 Å². The molecule has 0 aliphatic carbocycles. The van der Waals surface area contributed by atoms with Gasteiger partial charge in [0, 0.05) is 18.0 Å². The summed E-state index contributed by atoms with van der Waals surface area (Å²) >= 11 is 13.4. The first-order chi connectivity index (χ1) is 13.9. The van der Waals surface area contributed by atoms with E-state index in [4.69, 9.17) is 23.2 Å². The number of unbranched alkanes of at least 4 members (excludes halogenated alkanes) is 1. The number of carbonyl (C=O) groups excluding carboxylic acids is 2. The lowest BCUT2D eigenvalue weighted by atomic mass is 9.90. The van der Waals surface area contributed by atoms with Crippen molar-refractivity contribution in [1.29, 1.82) is 0 Å². The van der Waals surface area contributed by atoms with Crippen LogP contribution in [0.1, 0.15) is 47.4 Å². The van der Waals surface area contributed by atoms with E-state index in [-0.39, 0.29) is 18.5 Å². The molecule has 1 aliphatic rings. The highest BCUT2D eigenvalue weighted by atomic mass is 35.5. The van der Waals surface area contributed by atoms with Crippen LogP contribution in [-0.4, -0.2) is 46.1 Å². The molecule has 3 rings (SSSR count). The molecule has 2 aromatic rings. The molecule has 4 nitrogen and oxygen atoms in total. The van der Waals surface area contributed by atoms with Gasteiger partial charge in [-0.05, 0) is 47.9 Å². The molecule has 0 radical (unpaired) electrons. The van der Waals surface area contributed by atoms with Gasteiger partial charge in [0.05, 0.1) is 12.6 Å². The van der Waals surface area contributed by atoms with E-state index in [1.807, 2.05) is 24.0 Å². The topological polar surface area (TPSA) is 40.6 Å². The molecule has 156 valence electrons. The van der Waals surface area contributed by atoms with Crippen molar-refractivity contribution in [3.8, 4) is 0 Å². The lowest BCUT2D eigenvalue weighted by molar-refractivity contribution is -0.141. The van der Waals surface area contributed by atoms with Crippen LogP contribution >= 0.6 is 34.5 Å². The average Bonchev–Trinajstić information content (AvgIpc) is 3.19. The summed E-state index contributed by atoms with van der Waals surface area (Å²) in [5, 5.41) is 2.09. The third-order valence-corrected chi connectivity index (χ3v) is 6.75. The summed E-state index contributed by atoms with van der Waals surface area (Å²) in [5.74, 6) is -0.482. The van der Waals surface area contributed by atoms with E-state index in [0.29, 0.717) is 13.1 Å². The quantitative estimate of drug-likeness (QED) is 0.556. The van der Waals surface area contributed by atoms with Gasteiger partial charge in [-0.3, -0.25) is 9.59 Å². The molecular formula is C22H26Cl2N2O2S. The molecule has 0 fully saturated rings. The second-order valence-electron chi connectivity index (χ2n) is 7.31. The maximum atomic E-state index is 13.4. The first-order valence-corrected chi connectivity index (χ1v) is 11.7. The first-order valence-electron chi connectivity index (χ1n) is 9.92. The first kappa shape index (κ1) is 22.1. The van der Waals surface area contributed by atoms with Crippen LogP contribution in [0.2, 0.25) is 0 Å². The summed E-state index contributed by atoms with van der Waals surface area (Å²) in [5.41, 5.74) is 3.46. The zero-order chi connectivity index (χ0) is 21.0. The number of halogens is 2. The summed E-state index contributed by atoms with van der Waals surface area (Å²) in [6.07, 6.45) is 2.55. The van der Waals surface area contributed by atoms with Gasteiger partial charge in [0.2, 0.25) is 5.91 Å². The van der Waals surface area contributed by atoms with Crippen LogP contribution in [0.3, 0.4) is 0 Å². The molecule has 1 unspecified atom stereocenters. The summed E-state index contributed by atoms with van der Waals surface area (Å²) in [4.78, 5) is 29.4. The van der Waals surface area contributed by atoms with Gasteiger partial charge in [-0.2, -0.15) is 0 Å². The number of benzene rings is 1. The Morgan fingerprint density at radius 3 is 2.69 bits per heavy atom. The van der Waals surface area contributed by atoms with Gasteiger partial charge >= 0.3 is 0 Å². The number of nitrogens with zero attached hydrogens (tertiary/aromatic N) is 2. The largest absolute Gasteiger partial charge is 0.331 e. The number of thiophene rings is 1. The monoisotopic (exact) mass is 452 g/mol. The maximum Gasteiger partial charge on any atom is 0.256 e. The van der Waals surface area contributed by atoms with E-state index in [1.54, 1.807) is 11.3 Å². The molecule has 1 aliphatic heterocycles. The van der Waals surface area contributed by atoms with Crippen molar-refractivity contribution in [2.75, 3.05) is 19.6 Å². The standard InChI is InChI=1S/C22H26Cl2N2O2S/c1-3-4-11-25(22(28)21(23)24)14-19(27)26-12-9-18-17(10-13-29-18)20(26)16-8-6-5-7-15(16)2/h5-8,10,13,20-21H,3-4,9,11-12,14H2,1-2H3. The molecule has 0 N–H and O–H groups in total.